The molecule has 1 aromatic carbocycles. The van der Waals surface area contributed by atoms with Crippen molar-refractivity contribution in [3.63, 3.8) is 0 Å². The third kappa shape index (κ3) is 2.77. The summed E-state index contributed by atoms with van der Waals surface area (Å²) in [6.45, 7) is 6.34. The molecule has 0 radical (unpaired) electrons. The summed E-state index contributed by atoms with van der Waals surface area (Å²) >= 11 is 0. The Bertz CT molecular complexity index is 606. The molecule has 2 aromatic rings. The average molecular weight is 271 g/mol. The second kappa shape index (κ2) is 5.95. The summed E-state index contributed by atoms with van der Waals surface area (Å²) in [5.74, 6) is 2.07. The molecule has 0 aliphatic rings. The van der Waals surface area contributed by atoms with Crippen LogP contribution in [0, 0.1) is 6.92 Å². The van der Waals surface area contributed by atoms with Gasteiger partial charge in [0.2, 0.25) is 0 Å². The number of hydrogen-bond acceptors (Lipinski definition) is 3. The molecule has 0 N–H and O–H groups in total. The van der Waals surface area contributed by atoms with Crippen molar-refractivity contribution in [3.8, 4) is 22.6 Å². The fraction of sp³-hybridized carbons (Fsp3) is 0.353. The lowest BCUT2D eigenvalue weighted by atomic mass is 9.93. The van der Waals surface area contributed by atoms with Gasteiger partial charge in [-0.05, 0) is 48.2 Å². The molecular formula is C17H21NO2. The predicted molar refractivity (Wildman–Crippen MR) is 81.6 cm³/mol. The summed E-state index contributed by atoms with van der Waals surface area (Å²) < 4.78 is 10.8. The van der Waals surface area contributed by atoms with Crippen molar-refractivity contribution >= 4 is 0 Å². The Kier molecular flexibility index (Phi) is 4.28. The van der Waals surface area contributed by atoms with Crippen molar-refractivity contribution < 1.29 is 9.47 Å². The molecule has 0 fully saturated rings. The molecule has 0 saturated carbocycles. The van der Waals surface area contributed by atoms with Crippen LogP contribution in [0.25, 0.3) is 11.1 Å². The minimum atomic E-state index is 0.397. The van der Waals surface area contributed by atoms with Crippen LogP contribution >= 0.6 is 0 Å². The van der Waals surface area contributed by atoms with E-state index in [2.05, 4.69) is 24.9 Å². The van der Waals surface area contributed by atoms with E-state index in [1.807, 2.05) is 31.3 Å². The van der Waals surface area contributed by atoms with E-state index in [0.717, 1.165) is 28.3 Å². The van der Waals surface area contributed by atoms with Gasteiger partial charge in [0.15, 0.2) is 0 Å². The van der Waals surface area contributed by atoms with E-state index in [-0.39, 0.29) is 0 Å². The third-order valence-corrected chi connectivity index (χ3v) is 3.39. The van der Waals surface area contributed by atoms with Crippen LogP contribution in [0.2, 0.25) is 0 Å². The Morgan fingerprint density at radius 2 is 1.75 bits per heavy atom. The van der Waals surface area contributed by atoms with Crippen molar-refractivity contribution in [1.82, 2.24) is 4.98 Å². The number of aryl methyl sites for hydroxylation is 1. The molecule has 0 aliphatic heterocycles. The van der Waals surface area contributed by atoms with E-state index in [4.69, 9.17) is 9.47 Å². The van der Waals surface area contributed by atoms with Crippen molar-refractivity contribution in [2.75, 3.05) is 14.2 Å². The fourth-order valence-corrected chi connectivity index (χ4v) is 2.29. The number of pyridine rings is 1. The summed E-state index contributed by atoms with van der Waals surface area (Å²) in [6.07, 6.45) is 1.95. The van der Waals surface area contributed by atoms with E-state index in [9.17, 15) is 0 Å². The lowest BCUT2D eigenvalue weighted by Crippen LogP contribution is -1.98. The smallest absolute Gasteiger partial charge is 0.126 e. The first kappa shape index (κ1) is 14.4. The monoisotopic (exact) mass is 271 g/mol. The summed E-state index contributed by atoms with van der Waals surface area (Å²) in [5, 5.41) is 0. The second-order valence-electron chi connectivity index (χ2n) is 5.13. The van der Waals surface area contributed by atoms with Crippen molar-refractivity contribution in [2.45, 2.75) is 26.7 Å². The molecule has 0 atom stereocenters. The van der Waals surface area contributed by atoms with E-state index in [0.29, 0.717) is 5.92 Å². The van der Waals surface area contributed by atoms with E-state index in [1.165, 1.54) is 5.56 Å². The van der Waals surface area contributed by atoms with E-state index in [1.54, 1.807) is 14.2 Å². The molecule has 0 unspecified atom stereocenters. The van der Waals surface area contributed by atoms with E-state index >= 15 is 0 Å². The van der Waals surface area contributed by atoms with Gasteiger partial charge in [0.25, 0.3) is 0 Å². The van der Waals surface area contributed by atoms with Gasteiger partial charge in [-0.2, -0.15) is 0 Å². The zero-order valence-corrected chi connectivity index (χ0v) is 12.7. The average Bonchev–Trinajstić information content (AvgIpc) is 2.46. The molecule has 0 saturated heterocycles. The summed E-state index contributed by atoms with van der Waals surface area (Å²) in [6, 6.07) is 7.96. The summed E-state index contributed by atoms with van der Waals surface area (Å²) in [4.78, 5) is 4.41. The van der Waals surface area contributed by atoms with Gasteiger partial charge in [0, 0.05) is 17.5 Å². The first-order valence-electron chi connectivity index (χ1n) is 6.75. The maximum atomic E-state index is 5.50. The molecule has 20 heavy (non-hydrogen) atoms. The van der Waals surface area contributed by atoms with Gasteiger partial charge in [-0.15, -0.1) is 0 Å². The zero-order chi connectivity index (χ0) is 14.7. The van der Waals surface area contributed by atoms with Gasteiger partial charge in [-0.1, -0.05) is 13.8 Å². The molecule has 2 rings (SSSR count). The molecule has 0 amide bonds. The summed E-state index contributed by atoms with van der Waals surface area (Å²) in [5.41, 5.74) is 4.40. The van der Waals surface area contributed by atoms with Crippen LogP contribution in [0.5, 0.6) is 11.5 Å². The predicted octanol–water partition coefficient (Wildman–Crippen LogP) is 4.20. The zero-order valence-electron chi connectivity index (χ0n) is 12.7. The molecule has 0 aliphatic carbocycles. The van der Waals surface area contributed by atoms with Gasteiger partial charge in [-0.3, -0.25) is 4.98 Å². The summed E-state index contributed by atoms with van der Waals surface area (Å²) in [7, 11) is 3.36. The van der Waals surface area contributed by atoms with Crippen LogP contribution in [0.3, 0.4) is 0 Å². The Morgan fingerprint density at radius 1 is 1.00 bits per heavy atom. The highest BCUT2D eigenvalue weighted by molar-refractivity contribution is 5.75. The first-order valence-corrected chi connectivity index (χ1v) is 6.75. The number of benzene rings is 1. The first-order chi connectivity index (χ1) is 9.56. The van der Waals surface area contributed by atoms with Crippen LogP contribution in [0.4, 0.5) is 0 Å². The largest absolute Gasteiger partial charge is 0.497 e. The maximum absolute atomic E-state index is 5.50. The number of ether oxygens (including phenoxy) is 2. The highest BCUT2D eigenvalue weighted by Crippen LogP contribution is 2.37. The molecule has 106 valence electrons. The molecule has 0 bridgehead atoms. The molecule has 1 aromatic heterocycles. The topological polar surface area (TPSA) is 31.4 Å². The maximum Gasteiger partial charge on any atom is 0.126 e. The number of hydrogen-bond donors (Lipinski definition) is 0. The van der Waals surface area contributed by atoms with Gasteiger partial charge in [0.1, 0.15) is 11.5 Å². The van der Waals surface area contributed by atoms with Crippen LogP contribution < -0.4 is 9.47 Å². The van der Waals surface area contributed by atoms with Crippen molar-refractivity contribution in [3.05, 3.63) is 41.7 Å². The number of aromatic nitrogens is 1. The minimum absolute atomic E-state index is 0.397. The number of nitrogens with zero attached hydrogens (tertiary/aromatic N) is 1. The van der Waals surface area contributed by atoms with Crippen molar-refractivity contribution in [2.24, 2.45) is 0 Å². The second-order valence-corrected chi connectivity index (χ2v) is 5.13. The number of rotatable bonds is 4. The molecule has 1 heterocycles. The van der Waals surface area contributed by atoms with E-state index < -0.39 is 0 Å². The quantitative estimate of drug-likeness (QED) is 0.835. The van der Waals surface area contributed by atoms with Gasteiger partial charge < -0.3 is 9.47 Å². The normalized spacial score (nSPS) is 10.7. The highest BCUT2D eigenvalue weighted by atomic mass is 16.5. The molecule has 3 nitrogen and oxygen atoms in total. The Labute approximate surface area is 120 Å². The van der Waals surface area contributed by atoms with Crippen LogP contribution in [0.1, 0.15) is 31.0 Å². The lowest BCUT2D eigenvalue weighted by molar-refractivity contribution is 0.404. The Balaban J connectivity index is 2.68. The molecule has 3 heteroatoms. The Morgan fingerprint density at radius 3 is 2.35 bits per heavy atom. The standard InChI is InChI=1S/C17H21NO2/c1-11(2)16-10-18-12(3)8-14(16)15-9-13(19-4)6-7-17(15)20-5/h6-11H,1-5H3. The third-order valence-electron chi connectivity index (χ3n) is 3.39. The fourth-order valence-electron chi connectivity index (χ4n) is 2.29. The highest BCUT2D eigenvalue weighted by Gasteiger charge is 2.14. The van der Waals surface area contributed by atoms with Crippen LogP contribution in [0.15, 0.2) is 30.5 Å². The van der Waals surface area contributed by atoms with Gasteiger partial charge >= 0.3 is 0 Å². The van der Waals surface area contributed by atoms with Gasteiger partial charge in [0.05, 0.1) is 14.2 Å². The minimum Gasteiger partial charge on any atom is -0.497 e. The van der Waals surface area contributed by atoms with Gasteiger partial charge in [-0.25, -0.2) is 0 Å². The molecular weight excluding hydrogens is 250 g/mol. The lowest BCUT2D eigenvalue weighted by Gasteiger charge is -2.16. The van der Waals surface area contributed by atoms with Crippen molar-refractivity contribution in [1.29, 1.82) is 0 Å². The Hall–Kier alpha value is -2.03. The molecule has 0 spiro atoms. The van der Waals surface area contributed by atoms with Crippen LogP contribution in [-0.4, -0.2) is 19.2 Å². The number of methoxy groups -OCH3 is 2. The SMILES string of the molecule is COc1ccc(OC)c(-c2cc(C)ncc2C(C)C)c1. The van der Waals surface area contributed by atoms with Crippen LogP contribution in [-0.2, 0) is 0 Å².